The molecular formula is C12H15N5O. The van der Waals surface area contributed by atoms with E-state index < -0.39 is 0 Å². The van der Waals surface area contributed by atoms with Gasteiger partial charge in [0.1, 0.15) is 0 Å². The molecule has 1 aliphatic rings. The molecule has 0 spiro atoms. The molecule has 3 N–H and O–H groups in total. The molecule has 0 radical (unpaired) electrons. The molecule has 1 aliphatic carbocycles. The van der Waals surface area contributed by atoms with E-state index in [1.807, 2.05) is 18.2 Å². The van der Waals surface area contributed by atoms with Gasteiger partial charge < -0.3 is 10.8 Å². The average molecular weight is 245 g/mol. The number of hydrogen-bond acceptors (Lipinski definition) is 5. The summed E-state index contributed by atoms with van der Waals surface area (Å²) in [4.78, 5) is 1.51. The Morgan fingerprint density at radius 3 is 2.83 bits per heavy atom. The summed E-state index contributed by atoms with van der Waals surface area (Å²) in [7, 11) is 0. The number of nitrogens with zero attached hydrogens (tertiary/aromatic N) is 4. The summed E-state index contributed by atoms with van der Waals surface area (Å²) in [6.45, 7) is 0. The second-order valence-corrected chi connectivity index (χ2v) is 4.59. The van der Waals surface area contributed by atoms with Crippen LogP contribution >= 0.6 is 0 Å². The topological polar surface area (TPSA) is 89.8 Å². The minimum absolute atomic E-state index is 0.0591. The Hall–Kier alpha value is -1.95. The highest BCUT2D eigenvalue weighted by atomic mass is 16.3. The SMILES string of the molecule is Nc1ccccc1-c1nnn(C2CCCC2O)n1. The van der Waals surface area contributed by atoms with Crippen LogP contribution in [0.5, 0.6) is 0 Å². The molecule has 6 heteroatoms. The van der Waals surface area contributed by atoms with Crippen molar-refractivity contribution in [2.45, 2.75) is 31.4 Å². The second kappa shape index (κ2) is 4.38. The molecule has 1 saturated carbocycles. The first-order valence-corrected chi connectivity index (χ1v) is 6.08. The number of rotatable bonds is 2. The monoisotopic (exact) mass is 245 g/mol. The summed E-state index contributed by atoms with van der Waals surface area (Å²) in [5.41, 5.74) is 7.28. The van der Waals surface area contributed by atoms with Crippen molar-refractivity contribution in [1.82, 2.24) is 20.2 Å². The average Bonchev–Trinajstić information content (AvgIpc) is 2.98. The quantitative estimate of drug-likeness (QED) is 0.770. The minimum Gasteiger partial charge on any atom is -0.398 e. The van der Waals surface area contributed by atoms with E-state index in [0.717, 1.165) is 24.8 Å². The molecular weight excluding hydrogens is 230 g/mol. The van der Waals surface area contributed by atoms with Crippen molar-refractivity contribution < 1.29 is 5.11 Å². The van der Waals surface area contributed by atoms with Crippen LogP contribution in [-0.4, -0.2) is 31.4 Å². The number of nitrogens with two attached hydrogens (primary N) is 1. The van der Waals surface area contributed by atoms with E-state index in [9.17, 15) is 5.11 Å². The van der Waals surface area contributed by atoms with E-state index in [-0.39, 0.29) is 12.1 Å². The Labute approximate surface area is 104 Å². The number of benzene rings is 1. The molecule has 0 saturated heterocycles. The molecule has 2 unspecified atom stereocenters. The Morgan fingerprint density at radius 1 is 1.28 bits per heavy atom. The van der Waals surface area contributed by atoms with Crippen LogP contribution < -0.4 is 5.73 Å². The van der Waals surface area contributed by atoms with E-state index in [0.29, 0.717) is 11.5 Å². The number of anilines is 1. The number of aliphatic hydroxyl groups excluding tert-OH is 1. The van der Waals surface area contributed by atoms with Crippen molar-refractivity contribution in [2.75, 3.05) is 5.73 Å². The smallest absolute Gasteiger partial charge is 0.207 e. The highest BCUT2D eigenvalue weighted by Gasteiger charge is 2.29. The van der Waals surface area contributed by atoms with Crippen molar-refractivity contribution in [2.24, 2.45) is 0 Å². The summed E-state index contributed by atoms with van der Waals surface area (Å²) in [5.74, 6) is 0.507. The lowest BCUT2D eigenvalue weighted by atomic mass is 10.2. The molecule has 1 heterocycles. The van der Waals surface area contributed by atoms with E-state index in [1.54, 1.807) is 6.07 Å². The predicted molar refractivity (Wildman–Crippen MR) is 66.6 cm³/mol. The van der Waals surface area contributed by atoms with Gasteiger partial charge in [-0.15, -0.1) is 10.2 Å². The highest BCUT2D eigenvalue weighted by molar-refractivity contribution is 5.70. The molecule has 0 amide bonds. The molecule has 18 heavy (non-hydrogen) atoms. The summed E-state index contributed by atoms with van der Waals surface area (Å²) >= 11 is 0. The maximum atomic E-state index is 9.82. The fourth-order valence-electron chi connectivity index (χ4n) is 2.36. The molecule has 6 nitrogen and oxygen atoms in total. The summed E-state index contributed by atoms with van der Waals surface area (Å²) in [5, 5.41) is 22.2. The second-order valence-electron chi connectivity index (χ2n) is 4.59. The number of hydrogen-bond donors (Lipinski definition) is 2. The standard InChI is InChI=1S/C12H15N5O/c13-9-5-2-1-4-8(9)12-14-16-17(15-12)10-6-3-7-11(10)18/h1-2,4-5,10-11,18H,3,6-7,13H2. The lowest BCUT2D eigenvalue weighted by Gasteiger charge is -2.11. The maximum Gasteiger partial charge on any atom is 0.207 e. The third kappa shape index (κ3) is 1.84. The van der Waals surface area contributed by atoms with Gasteiger partial charge in [-0.2, -0.15) is 4.80 Å². The van der Waals surface area contributed by atoms with Gasteiger partial charge in [-0.3, -0.25) is 0 Å². The number of tetrazole rings is 1. The van der Waals surface area contributed by atoms with E-state index >= 15 is 0 Å². The Kier molecular flexibility index (Phi) is 2.71. The molecule has 1 fully saturated rings. The molecule has 3 rings (SSSR count). The fraction of sp³-hybridized carbons (Fsp3) is 0.417. The third-order valence-corrected chi connectivity index (χ3v) is 3.37. The third-order valence-electron chi connectivity index (χ3n) is 3.37. The number of nitrogen functional groups attached to an aromatic ring is 1. The molecule has 1 aromatic heterocycles. The van der Waals surface area contributed by atoms with Crippen LogP contribution in [0.1, 0.15) is 25.3 Å². The highest BCUT2D eigenvalue weighted by Crippen LogP contribution is 2.29. The predicted octanol–water partition coefficient (Wildman–Crippen LogP) is 1.01. The van der Waals surface area contributed by atoms with Gasteiger partial charge in [0.25, 0.3) is 0 Å². The van der Waals surface area contributed by atoms with Gasteiger partial charge in [0.2, 0.25) is 5.82 Å². The first kappa shape index (κ1) is 11.2. The van der Waals surface area contributed by atoms with Gasteiger partial charge in [-0.25, -0.2) is 0 Å². The maximum absolute atomic E-state index is 9.82. The summed E-state index contributed by atoms with van der Waals surface area (Å²) in [6.07, 6.45) is 2.31. The summed E-state index contributed by atoms with van der Waals surface area (Å²) < 4.78 is 0. The van der Waals surface area contributed by atoms with Crippen LogP contribution in [0, 0.1) is 0 Å². The number of aliphatic hydroxyl groups is 1. The van der Waals surface area contributed by atoms with Crippen molar-refractivity contribution in [3.05, 3.63) is 24.3 Å². The van der Waals surface area contributed by atoms with Gasteiger partial charge in [0.15, 0.2) is 0 Å². The Bertz CT molecular complexity index is 553. The van der Waals surface area contributed by atoms with E-state index in [1.165, 1.54) is 4.80 Å². The van der Waals surface area contributed by atoms with Crippen LogP contribution in [0.15, 0.2) is 24.3 Å². The van der Waals surface area contributed by atoms with Crippen LogP contribution in [0.25, 0.3) is 11.4 Å². The van der Waals surface area contributed by atoms with Crippen molar-refractivity contribution in [3.8, 4) is 11.4 Å². The zero-order valence-electron chi connectivity index (χ0n) is 9.90. The lowest BCUT2D eigenvalue weighted by molar-refractivity contribution is 0.121. The number of para-hydroxylation sites is 1. The number of aromatic nitrogens is 4. The molecule has 0 aliphatic heterocycles. The molecule has 2 aromatic rings. The van der Waals surface area contributed by atoms with Gasteiger partial charge >= 0.3 is 0 Å². The molecule has 2 atom stereocenters. The zero-order chi connectivity index (χ0) is 12.5. The van der Waals surface area contributed by atoms with Crippen LogP contribution in [-0.2, 0) is 0 Å². The largest absolute Gasteiger partial charge is 0.398 e. The zero-order valence-corrected chi connectivity index (χ0v) is 9.90. The van der Waals surface area contributed by atoms with Gasteiger partial charge in [-0.05, 0) is 36.6 Å². The lowest BCUT2D eigenvalue weighted by Crippen LogP contribution is -2.20. The normalized spacial score (nSPS) is 23.4. The van der Waals surface area contributed by atoms with Gasteiger partial charge in [0.05, 0.1) is 12.1 Å². The van der Waals surface area contributed by atoms with Crippen LogP contribution in [0.2, 0.25) is 0 Å². The summed E-state index contributed by atoms with van der Waals surface area (Å²) in [6, 6.07) is 7.36. The molecule has 1 aromatic carbocycles. The van der Waals surface area contributed by atoms with Crippen LogP contribution in [0.3, 0.4) is 0 Å². The van der Waals surface area contributed by atoms with Gasteiger partial charge in [0, 0.05) is 11.3 Å². The molecule has 0 bridgehead atoms. The van der Waals surface area contributed by atoms with E-state index in [2.05, 4.69) is 15.4 Å². The Balaban J connectivity index is 1.92. The van der Waals surface area contributed by atoms with E-state index in [4.69, 9.17) is 5.73 Å². The van der Waals surface area contributed by atoms with Gasteiger partial charge in [-0.1, -0.05) is 12.1 Å². The van der Waals surface area contributed by atoms with Crippen LogP contribution in [0.4, 0.5) is 5.69 Å². The van der Waals surface area contributed by atoms with Crippen molar-refractivity contribution in [1.29, 1.82) is 0 Å². The van der Waals surface area contributed by atoms with Crippen molar-refractivity contribution >= 4 is 5.69 Å². The first-order chi connectivity index (χ1) is 8.75. The molecule has 94 valence electrons. The minimum atomic E-state index is -0.375. The fourth-order valence-corrected chi connectivity index (χ4v) is 2.36. The van der Waals surface area contributed by atoms with Crippen molar-refractivity contribution in [3.63, 3.8) is 0 Å². The first-order valence-electron chi connectivity index (χ1n) is 6.08. The Morgan fingerprint density at radius 2 is 2.11 bits per heavy atom.